The summed E-state index contributed by atoms with van der Waals surface area (Å²) in [5, 5.41) is 5.68. The first-order valence-electron chi connectivity index (χ1n) is 8.39. The number of amides is 2. The van der Waals surface area contributed by atoms with Gasteiger partial charge in [-0.3, -0.25) is 9.59 Å². The molecule has 0 unspecified atom stereocenters. The lowest BCUT2D eigenvalue weighted by Crippen LogP contribution is -2.37. The SMILES string of the molecule is CC(C)Oc1ccc(NC(=O)CC(=O)NC2CCCCC2)cc1. The van der Waals surface area contributed by atoms with Gasteiger partial charge in [0.25, 0.3) is 0 Å². The number of carbonyl (C=O) groups is 2. The molecule has 2 N–H and O–H groups in total. The maximum absolute atomic E-state index is 11.9. The van der Waals surface area contributed by atoms with Crippen molar-refractivity contribution >= 4 is 17.5 Å². The molecule has 1 aliphatic carbocycles. The Hall–Kier alpha value is -2.04. The fourth-order valence-corrected chi connectivity index (χ4v) is 2.77. The van der Waals surface area contributed by atoms with Crippen LogP contribution in [0.5, 0.6) is 5.75 Å². The molecule has 5 heteroatoms. The van der Waals surface area contributed by atoms with E-state index in [1.807, 2.05) is 13.8 Å². The summed E-state index contributed by atoms with van der Waals surface area (Å²) in [6.45, 7) is 3.92. The maximum Gasteiger partial charge on any atom is 0.233 e. The predicted octanol–water partition coefficient (Wildman–Crippen LogP) is 3.25. The van der Waals surface area contributed by atoms with Gasteiger partial charge in [0.05, 0.1) is 6.10 Å². The van der Waals surface area contributed by atoms with Crippen molar-refractivity contribution in [1.82, 2.24) is 5.32 Å². The first kappa shape index (κ1) is 17.3. The van der Waals surface area contributed by atoms with E-state index in [-0.39, 0.29) is 30.4 Å². The molecule has 0 spiro atoms. The summed E-state index contributed by atoms with van der Waals surface area (Å²) >= 11 is 0. The van der Waals surface area contributed by atoms with Gasteiger partial charge in [-0.25, -0.2) is 0 Å². The van der Waals surface area contributed by atoms with E-state index in [1.54, 1.807) is 24.3 Å². The number of anilines is 1. The lowest BCUT2D eigenvalue weighted by molar-refractivity contribution is -0.127. The number of rotatable bonds is 6. The van der Waals surface area contributed by atoms with Gasteiger partial charge in [0, 0.05) is 11.7 Å². The minimum Gasteiger partial charge on any atom is -0.491 e. The molecule has 1 aromatic carbocycles. The van der Waals surface area contributed by atoms with Crippen molar-refractivity contribution in [3.8, 4) is 5.75 Å². The lowest BCUT2D eigenvalue weighted by atomic mass is 9.95. The van der Waals surface area contributed by atoms with Gasteiger partial charge in [0.1, 0.15) is 12.2 Å². The quantitative estimate of drug-likeness (QED) is 0.791. The number of hydrogen-bond acceptors (Lipinski definition) is 3. The van der Waals surface area contributed by atoms with Gasteiger partial charge in [-0.15, -0.1) is 0 Å². The maximum atomic E-state index is 11.9. The Bertz CT molecular complexity index is 520. The molecule has 1 fully saturated rings. The highest BCUT2D eigenvalue weighted by Crippen LogP contribution is 2.18. The average Bonchev–Trinajstić information content (AvgIpc) is 2.49. The van der Waals surface area contributed by atoms with Crippen LogP contribution < -0.4 is 15.4 Å². The Labute approximate surface area is 137 Å². The van der Waals surface area contributed by atoms with E-state index in [0.29, 0.717) is 5.69 Å². The monoisotopic (exact) mass is 318 g/mol. The first-order valence-corrected chi connectivity index (χ1v) is 8.39. The summed E-state index contributed by atoms with van der Waals surface area (Å²) in [6, 6.07) is 7.38. The van der Waals surface area contributed by atoms with Gasteiger partial charge in [0.15, 0.2) is 0 Å². The number of carbonyl (C=O) groups excluding carboxylic acids is 2. The molecule has 1 aromatic rings. The van der Waals surface area contributed by atoms with Crippen molar-refractivity contribution in [2.24, 2.45) is 0 Å². The number of nitrogens with one attached hydrogen (secondary N) is 2. The number of benzene rings is 1. The molecule has 2 rings (SSSR count). The third-order valence-corrected chi connectivity index (χ3v) is 3.80. The van der Waals surface area contributed by atoms with Crippen LogP contribution in [-0.4, -0.2) is 24.0 Å². The standard InChI is InChI=1S/C18H26N2O3/c1-13(2)23-16-10-8-15(9-11-16)20-18(22)12-17(21)19-14-6-4-3-5-7-14/h8-11,13-14H,3-7,12H2,1-2H3,(H,19,21)(H,20,22). The topological polar surface area (TPSA) is 67.4 Å². The van der Waals surface area contributed by atoms with E-state index in [9.17, 15) is 9.59 Å². The zero-order valence-corrected chi connectivity index (χ0v) is 13.9. The van der Waals surface area contributed by atoms with E-state index in [1.165, 1.54) is 6.42 Å². The van der Waals surface area contributed by atoms with Crippen LogP contribution in [0.1, 0.15) is 52.4 Å². The molecule has 0 aliphatic heterocycles. The Morgan fingerprint density at radius 2 is 1.74 bits per heavy atom. The Morgan fingerprint density at radius 3 is 2.35 bits per heavy atom. The molecular formula is C18H26N2O3. The molecular weight excluding hydrogens is 292 g/mol. The summed E-state index contributed by atoms with van der Waals surface area (Å²) in [4.78, 5) is 23.8. The third-order valence-electron chi connectivity index (χ3n) is 3.80. The molecule has 0 aromatic heterocycles. The molecule has 23 heavy (non-hydrogen) atoms. The molecule has 5 nitrogen and oxygen atoms in total. The van der Waals surface area contributed by atoms with E-state index < -0.39 is 0 Å². The van der Waals surface area contributed by atoms with E-state index in [0.717, 1.165) is 31.4 Å². The highest BCUT2D eigenvalue weighted by atomic mass is 16.5. The Morgan fingerprint density at radius 1 is 1.09 bits per heavy atom. The van der Waals surface area contributed by atoms with Crippen LogP contribution >= 0.6 is 0 Å². The summed E-state index contributed by atoms with van der Waals surface area (Å²) < 4.78 is 5.55. The van der Waals surface area contributed by atoms with E-state index in [4.69, 9.17) is 4.74 Å². The molecule has 1 aliphatic rings. The number of hydrogen-bond donors (Lipinski definition) is 2. The fourth-order valence-electron chi connectivity index (χ4n) is 2.77. The van der Waals surface area contributed by atoms with Gasteiger partial charge in [0.2, 0.25) is 11.8 Å². The van der Waals surface area contributed by atoms with E-state index in [2.05, 4.69) is 10.6 Å². The molecule has 0 heterocycles. The second-order valence-electron chi connectivity index (χ2n) is 6.32. The fraction of sp³-hybridized carbons (Fsp3) is 0.556. The molecule has 0 radical (unpaired) electrons. The minimum absolute atomic E-state index is 0.110. The molecule has 1 saturated carbocycles. The zero-order valence-electron chi connectivity index (χ0n) is 13.9. The predicted molar refractivity (Wildman–Crippen MR) is 90.5 cm³/mol. The van der Waals surface area contributed by atoms with Crippen molar-refractivity contribution < 1.29 is 14.3 Å². The van der Waals surface area contributed by atoms with Crippen LogP contribution in [0.3, 0.4) is 0 Å². The highest BCUT2D eigenvalue weighted by Gasteiger charge is 2.17. The van der Waals surface area contributed by atoms with Gasteiger partial charge in [-0.1, -0.05) is 19.3 Å². The van der Waals surface area contributed by atoms with Crippen molar-refractivity contribution in [2.75, 3.05) is 5.32 Å². The van der Waals surface area contributed by atoms with Crippen molar-refractivity contribution in [3.63, 3.8) is 0 Å². The molecule has 0 atom stereocenters. The highest BCUT2D eigenvalue weighted by molar-refractivity contribution is 6.03. The minimum atomic E-state index is -0.296. The van der Waals surface area contributed by atoms with Gasteiger partial charge >= 0.3 is 0 Å². The summed E-state index contributed by atoms with van der Waals surface area (Å²) in [7, 11) is 0. The van der Waals surface area contributed by atoms with Crippen LogP contribution in [0.25, 0.3) is 0 Å². The smallest absolute Gasteiger partial charge is 0.233 e. The molecule has 0 saturated heterocycles. The summed E-state index contributed by atoms with van der Waals surface area (Å²) in [5.74, 6) is 0.262. The van der Waals surface area contributed by atoms with Crippen molar-refractivity contribution in [2.45, 2.75) is 64.5 Å². The average molecular weight is 318 g/mol. The van der Waals surface area contributed by atoms with Crippen LogP contribution in [-0.2, 0) is 9.59 Å². The number of ether oxygens (including phenoxy) is 1. The summed E-state index contributed by atoms with van der Waals surface area (Å²) in [5.41, 5.74) is 0.663. The molecule has 126 valence electrons. The zero-order chi connectivity index (χ0) is 16.7. The lowest BCUT2D eigenvalue weighted by Gasteiger charge is -2.22. The largest absolute Gasteiger partial charge is 0.491 e. The van der Waals surface area contributed by atoms with Crippen LogP contribution in [0.2, 0.25) is 0 Å². The van der Waals surface area contributed by atoms with Crippen LogP contribution in [0, 0.1) is 0 Å². The third kappa shape index (κ3) is 6.30. The Balaban J connectivity index is 1.76. The van der Waals surface area contributed by atoms with Gasteiger partial charge < -0.3 is 15.4 Å². The summed E-state index contributed by atoms with van der Waals surface area (Å²) in [6.07, 6.45) is 5.56. The molecule has 0 bridgehead atoms. The first-order chi connectivity index (χ1) is 11.0. The van der Waals surface area contributed by atoms with Gasteiger partial charge in [-0.2, -0.15) is 0 Å². The van der Waals surface area contributed by atoms with Crippen molar-refractivity contribution in [3.05, 3.63) is 24.3 Å². The van der Waals surface area contributed by atoms with E-state index >= 15 is 0 Å². The van der Waals surface area contributed by atoms with Crippen molar-refractivity contribution in [1.29, 1.82) is 0 Å². The second kappa shape index (κ2) is 8.56. The van der Waals surface area contributed by atoms with Crippen LogP contribution in [0.15, 0.2) is 24.3 Å². The van der Waals surface area contributed by atoms with Crippen LogP contribution in [0.4, 0.5) is 5.69 Å². The molecule has 2 amide bonds. The second-order valence-corrected chi connectivity index (χ2v) is 6.32. The normalized spacial score (nSPS) is 15.3. The van der Waals surface area contributed by atoms with Gasteiger partial charge in [-0.05, 0) is 51.0 Å². The Kier molecular flexibility index (Phi) is 6.44.